The number of carbonyl (C=O) groups is 3. The van der Waals surface area contributed by atoms with Crippen LogP contribution in [0.25, 0.3) is 0 Å². The van der Waals surface area contributed by atoms with E-state index in [1.165, 1.54) is 250 Å². The van der Waals surface area contributed by atoms with Crippen molar-refractivity contribution in [1.82, 2.24) is 0 Å². The molecular weight excluding hydrogens is 1270 g/mol. The highest BCUT2D eigenvalue weighted by Gasteiger charge is 2.25. The van der Waals surface area contributed by atoms with Crippen LogP contribution in [0, 0.1) is 0 Å². The largest absolute Gasteiger partial charge is 0.477 e. The maximum absolute atomic E-state index is 13.0. The van der Waals surface area contributed by atoms with Crippen LogP contribution < -0.4 is 0 Å². The Morgan fingerprint density at radius 3 is 0.825 bits per heavy atom. The average molecular weight is 1440 g/mol. The van der Waals surface area contributed by atoms with E-state index in [1.807, 2.05) is 21.1 Å². The summed E-state index contributed by atoms with van der Waals surface area (Å²) in [6, 6.07) is 0. The molecule has 0 saturated carbocycles. The number of nitrogens with zero attached hydrogens (tertiary/aromatic N) is 1. The number of likely N-dealkylation sites (N-methyl/N-ethyl adjacent to an activating group) is 1. The fourth-order valence-electron chi connectivity index (χ4n) is 12.3. The van der Waals surface area contributed by atoms with Crippen LogP contribution >= 0.6 is 0 Å². The summed E-state index contributed by atoms with van der Waals surface area (Å²) >= 11 is 0. The molecular formula is C94H164NO8+. The van der Waals surface area contributed by atoms with Gasteiger partial charge in [0.05, 0.1) is 34.4 Å². The summed E-state index contributed by atoms with van der Waals surface area (Å²) in [6.07, 6.45) is 118. The standard InChI is InChI=1S/C94H163NO8/c1-6-8-10-12-14-16-18-20-22-24-26-28-30-32-34-36-38-40-42-44-45-46-47-49-50-52-54-56-58-60-62-64-66-68-70-72-74-76-78-80-82-84-91(96)101-88-90(89-102-94(93(98)99)100-87-86-95(3,4)5)103-92(97)85-83-81-79-77-75-73-71-69-67-65-63-61-59-57-55-53-51-48-43-41-39-37-35-33-31-29-27-25-23-21-19-17-15-13-11-9-7-2/h9,11,15,17-18,20-21,23-24,26-27,29-30,32-33,35,39,41,48,51,55,57,90,94H,6-8,10,12-14,16,19,22,25,28,31,34,36-38,40,42-47,49-50,52-54,56,58-89H2,1-5H3/p+1/b11-9-,17-15-,20-18-,23-21-,26-24-,29-27-,32-30-,35-33-,41-39-,51-48-,57-55-. The van der Waals surface area contributed by atoms with Crippen LogP contribution in [0.4, 0.5) is 0 Å². The van der Waals surface area contributed by atoms with Gasteiger partial charge in [-0.15, -0.1) is 0 Å². The van der Waals surface area contributed by atoms with E-state index in [0.29, 0.717) is 23.9 Å². The Labute approximate surface area is 637 Å². The number of esters is 2. The van der Waals surface area contributed by atoms with Gasteiger partial charge in [-0.25, -0.2) is 4.79 Å². The molecule has 2 unspecified atom stereocenters. The van der Waals surface area contributed by atoms with Crippen LogP contribution in [0.5, 0.6) is 0 Å². The first-order valence-electron chi connectivity index (χ1n) is 43.3. The maximum Gasteiger partial charge on any atom is 0.361 e. The third-order valence-electron chi connectivity index (χ3n) is 18.9. The predicted molar refractivity (Wildman–Crippen MR) is 447 cm³/mol. The third kappa shape index (κ3) is 84.6. The monoisotopic (exact) mass is 1440 g/mol. The smallest absolute Gasteiger partial charge is 0.361 e. The molecule has 0 saturated heterocycles. The summed E-state index contributed by atoms with van der Waals surface area (Å²) in [6.45, 7) is 4.79. The quantitative estimate of drug-likeness (QED) is 0.0211. The van der Waals surface area contributed by atoms with Gasteiger partial charge in [0, 0.05) is 12.8 Å². The number of hydrogen-bond donors (Lipinski definition) is 1. The third-order valence-corrected chi connectivity index (χ3v) is 18.9. The highest BCUT2D eigenvalue weighted by molar-refractivity contribution is 5.71. The molecule has 0 heterocycles. The zero-order valence-electron chi connectivity index (χ0n) is 67.9. The number of carboxylic acids is 1. The van der Waals surface area contributed by atoms with Gasteiger partial charge >= 0.3 is 17.9 Å². The second kappa shape index (κ2) is 83.1. The topological polar surface area (TPSA) is 108 Å². The van der Waals surface area contributed by atoms with Crippen LogP contribution in [0.15, 0.2) is 134 Å². The normalized spacial score (nSPS) is 13.3. The van der Waals surface area contributed by atoms with Gasteiger partial charge in [0.2, 0.25) is 0 Å². The average Bonchev–Trinajstić information content (AvgIpc) is 1.16. The van der Waals surface area contributed by atoms with E-state index in [1.54, 1.807) is 0 Å². The maximum atomic E-state index is 13.0. The molecule has 9 nitrogen and oxygen atoms in total. The Morgan fingerprint density at radius 2 is 0.553 bits per heavy atom. The number of ether oxygens (including phenoxy) is 4. The first-order valence-corrected chi connectivity index (χ1v) is 43.3. The zero-order valence-corrected chi connectivity index (χ0v) is 67.9. The van der Waals surface area contributed by atoms with Crippen LogP contribution in [-0.4, -0.2) is 87.4 Å². The van der Waals surface area contributed by atoms with Crippen molar-refractivity contribution in [3.05, 3.63) is 134 Å². The number of allylic oxidation sites excluding steroid dienone is 22. The lowest BCUT2D eigenvalue weighted by Gasteiger charge is -2.25. The highest BCUT2D eigenvalue weighted by Crippen LogP contribution is 2.19. The summed E-state index contributed by atoms with van der Waals surface area (Å²) in [5.74, 6) is -1.99. The molecule has 0 aromatic carbocycles. The van der Waals surface area contributed by atoms with Gasteiger partial charge < -0.3 is 28.5 Å². The van der Waals surface area contributed by atoms with Gasteiger partial charge in [-0.1, -0.05) is 392 Å². The Bertz CT molecular complexity index is 2170. The number of unbranched alkanes of at least 4 members (excludes halogenated alkanes) is 43. The minimum atomic E-state index is -1.52. The minimum absolute atomic E-state index is 0.184. The number of hydrogen-bond acceptors (Lipinski definition) is 7. The fraction of sp³-hybridized carbons (Fsp3) is 0.734. The summed E-state index contributed by atoms with van der Waals surface area (Å²) in [5.41, 5.74) is 0. The molecule has 0 aliphatic rings. The van der Waals surface area contributed by atoms with E-state index in [0.717, 1.165) is 103 Å². The van der Waals surface area contributed by atoms with Crippen molar-refractivity contribution in [2.75, 3.05) is 47.5 Å². The Morgan fingerprint density at radius 1 is 0.301 bits per heavy atom. The second-order valence-electron chi connectivity index (χ2n) is 30.1. The number of quaternary nitrogens is 1. The molecule has 9 heteroatoms. The lowest BCUT2D eigenvalue weighted by atomic mass is 10.0. The molecule has 103 heavy (non-hydrogen) atoms. The number of carbonyl (C=O) groups excluding carboxylic acids is 2. The summed E-state index contributed by atoms with van der Waals surface area (Å²) < 4.78 is 23.1. The Kier molecular flexibility index (Phi) is 79.4. The van der Waals surface area contributed by atoms with Crippen LogP contribution in [0.3, 0.4) is 0 Å². The lowest BCUT2D eigenvalue weighted by Crippen LogP contribution is -2.40. The van der Waals surface area contributed by atoms with Gasteiger partial charge in [0.1, 0.15) is 13.2 Å². The summed E-state index contributed by atoms with van der Waals surface area (Å²) in [5, 5.41) is 9.79. The molecule has 0 bridgehead atoms. The van der Waals surface area contributed by atoms with Crippen molar-refractivity contribution in [1.29, 1.82) is 0 Å². The van der Waals surface area contributed by atoms with E-state index in [-0.39, 0.29) is 32.2 Å². The molecule has 0 aromatic rings. The first kappa shape index (κ1) is 98.4. The zero-order chi connectivity index (χ0) is 74.6. The van der Waals surface area contributed by atoms with E-state index in [4.69, 9.17) is 18.9 Å². The Balaban J connectivity index is 3.99. The van der Waals surface area contributed by atoms with Crippen molar-refractivity contribution in [2.24, 2.45) is 0 Å². The molecule has 1 N–H and O–H groups in total. The van der Waals surface area contributed by atoms with Gasteiger partial charge in [-0.2, -0.15) is 0 Å². The molecule has 2 atom stereocenters. The van der Waals surface area contributed by atoms with Crippen LogP contribution in [0.2, 0.25) is 0 Å². The molecule has 0 aromatic heterocycles. The predicted octanol–water partition coefficient (Wildman–Crippen LogP) is 28.4. The molecule has 0 aliphatic carbocycles. The number of rotatable bonds is 80. The lowest BCUT2D eigenvalue weighted by molar-refractivity contribution is -0.870. The molecule has 0 amide bonds. The van der Waals surface area contributed by atoms with E-state index in [9.17, 15) is 19.5 Å². The molecule has 0 spiro atoms. The molecule has 0 radical (unpaired) electrons. The van der Waals surface area contributed by atoms with Crippen molar-refractivity contribution >= 4 is 17.9 Å². The Hall–Kier alpha value is -4.57. The molecule has 0 aliphatic heterocycles. The van der Waals surface area contributed by atoms with Crippen molar-refractivity contribution in [3.63, 3.8) is 0 Å². The summed E-state index contributed by atoms with van der Waals surface area (Å²) in [7, 11) is 5.99. The SMILES string of the molecule is CC/C=C\C/C=C\C/C=C\C/C=C\C/C=C\C/C=C\C/C=C\C/C=C\CCCCCCCCCCCCCCC(=O)OC(COC(=O)CCCCCCCCCCCCCCCCCCCCCCCCCCCC/C=C\C/C=C\C/C=C\CCCCCCC)COC(OCC[N+](C)(C)C)C(=O)O. The van der Waals surface area contributed by atoms with Crippen molar-refractivity contribution in [2.45, 2.75) is 399 Å². The second-order valence-corrected chi connectivity index (χ2v) is 30.1. The minimum Gasteiger partial charge on any atom is -0.477 e. The molecule has 592 valence electrons. The number of carboxylic acid groups (broad SMARTS) is 1. The van der Waals surface area contributed by atoms with Crippen molar-refractivity contribution in [3.8, 4) is 0 Å². The van der Waals surface area contributed by atoms with Gasteiger partial charge in [0.15, 0.2) is 6.10 Å². The van der Waals surface area contributed by atoms with Gasteiger partial charge in [-0.3, -0.25) is 9.59 Å². The van der Waals surface area contributed by atoms with E-state index >= 15 is 0 Å². The first-order chi connectivity index (χ1) is 50.6. The number of aliphatic carboxylic acids is 1. The highest BCUT2D eigenvalue weighted by atomic mass is 16.7. The van der Waals surface area contributed by atoms with Crippen LogP contribution in [-0.2, 0) is 33.3 Å². The summed E-state index contributed by atoms with van der Waals surface area (Å²) in [4.78, 5) is 37.8. The van der Waals surface area contributed by atoms with Gasteiger partial charge in [0.25, 0.3) is 6.29 Å². The fourth-order valence-corrected chi connectivity index (χ4v) is 12.3. The van der Waals surface area contributed by atoms with Crippen LogP contribution in [0.1, 0.15) is 386 Å². The molecule has 0 fully saturated rings. The van der Waals surface area contributed by atoms with E-state index in [2.05, 4.69) is 148 Å². The van der Waals surface area contributed by atoms with Crippen molar-refractivity contribution < 1.29 is 42.9 Å². The molecule has 0 rings (SSSR count). The van der Waals surface area contributed by atoms with Gasteiger partial charge in [-0.05, 0) is 116 Å². The van der Waals surface area contributed by atoms with E-state index < -0.39 is 24.3 Å².